The van der Waals surface area contributed by atoms with Gasteiger partial charge in [0.2, 0.25) is 0 Å². The van der Waals surface area contributed by atoms with Gasteiger partial charge < -0.3 is 29.6 Å². The van der Waals surface area contributed by atoms with Gasteiger partial charge in [0.15, 0.2) is 0 Å². The van der Waals surface area contributed by atoms with Gasteiger partial charge in [-0.05, 0) is 12.1 Å². The van der Waals surface area contributed by atoms with E-state index in [4.69, 9.17) is 15.2 Å². The third-order valence-electron chi connectivity index (χ3n) is 4.42. The van der Waals surface area contributed by atoms with E-state index in [1.54, 1.807) is 34.9 Å². The van der Waals surface area contributed by atoms with Crippen molar-refractivity contribution in [3.63, 3.8) is 0 Å². The summed E-state index contributed by atoms with van der Waals surface area (Å²) in [5.74, 6) is -0.632. The molecule has 3 aromatic rings. The molecule has 3 heterocycles. The Hall–Kier alpha value is -3.26. The number of nitrogens with two attached hydrogens (primary N) is 1. The number of fused-ring (bicyclic) bond motifs is 3. The lowest BCUT2D eigenvalue weighted by Gasteiger charge is -2.25. The molecule has 0 unspecified atom stereocenters. The molecule has 0 aliphatic carbocycles. The molecule has 2 aromatic heterocycles. The predicted molar refractivity (Wildman–Crippen MR) is 93.5 cm³/mol. The fourth-order valence-corrected chi connectivity index (χ4v) is 3.24. The monoisotopic (exact) mass is 355 g/mol. The van der Waals surface area contributed by atoms with Crippen molar-refractivity contribution in [3.8, 4) is 11.5 Å². The molecular formula is C18H17N3O5. The Morgan fingerprint density at radius 1 is 1.15 bits per heavy atom. The maximum atomic E-state index is 12.3. The van der Waals surface area contributed by atoms with Gasteiger partial charge in [-0.15, -0.1) is 0 Å². The number of benzene rings is 1. The quantitative estimate of drug-likeness (QED) is 0.728. The highest BCUT2D eigenvalue weighted by atomic mass is 16.6. The van der Waals surface area contributed by atoms with Crippen molar-refractivity contribution < 1.29 is 24.2 Å². The minimum absolute atomic E-state index is 0.176. The average Bonchev–Trinajstić information content (AvgIpc) is 2.98. The maximum absolute atomic E-state index is 12.3. The number of phenolic OH excluding ortho intramolecular Hbond substituents is 1. The molecule has 0 radical (unpaired) electrons. The number of aromatic nitrogens is 1. The Morgan fingerprint density at radius 3 is 2.65 bits per heavy atom. The van der Waals surface area contributed by atoms with Gasteiger partial charge in [-0.1, -0.05) is 6.07 Å². The van der Waals surface area contributed by atoms with E-state index in [1.165, 1.54) is 11.0 Å². The number of nitrogens with zero attached hydrogens (tertiary/aromatic N) is 2. The average molecular weight is 355 g/mol. The van der Waals surface area contributed by atoms with Crippen LogP contribution in [0.4, 0.5) is 4.79 Å². The van der Waals surface area contributed by atoms with Crippen molar-refractivity contribution in [2.24, 2.45) is 5.73 Å². The number of hydrogen-bond acceptors (Lipinski definition) is 5. The van der Waals surface area contributed by atoms with E-state index in [0.717, 1.165) is 0 Å². The first-order chi connectivity index (χ1) is 12.6. The van der Waals surface area contributed by atoms with E-state index in [2.05, 4.69) is 0 Å². The second-order valence-electron chi connectivity index (χ2n) is 6.00. The molecule has 1 saturated heterocycles. The fraction of sp³-hybridized carbons (Fsp3) is 0.222. The van der Waals surface area contributed by atoms with Gasteiger partial charge in [0.05, 0.1) is 35.2 Å². The Balaban J connectivity index is 1.80. The number of phenols is 1. The minimum atomic E-state index is -0.642. The second-order valence-corrected chi connectivity index (χ2v) is 6.00. The Kier molecular flexibility index (Phi) is 3.89. The lowest BCUT2D eigenvalue weighted by molar-refractivity contribution is 0.0416. The van der Waals surface area contributed by atoms with Crippen molar-refractivity contribution in [3.05, 3.63) is 42.1 Å². The van der Waals surface area contributed by atoms with Crippen LogP contribution in [0.5, 0.6) is 11.5 Å². The normalized spacial score (nSPS) is 14.7. The number of hydrogen-bond donors (Lipinski definition) is 2. The molecule has 134 valence electrons. The Labute approximate surface area is 148 Å². The second kappa shape index (κ2) is 6.23. The summed E-state index contributed by atoms with van der Waals surface area (Å²) in [6.45, 7) is 1.83. The van der Waals surface area contributed by atoms with Crippen LogP contribution < -0.4 is 10.5 Å². The summed E-state index contributed by atoms with van der Waals surface area (Å²) < 4.78 is 12.3. The van der Waals surface area contributed by atoms with E-state index in [-0.39, 0.29) is 17.1 Å². The number of carbonyl (C=O) groups is 2. The van der Waals surface area contributed by atoms with E-state index >= 15 is 0 Å². The fourth-order valence-electron chi connectivity index (χ4n) is 3.24. The van der Waals surface area contributed by atoms with E-state index in [9.17, 15) is 14.7 Å². The molecule has 1 aliphatic rings. The summed E-state index contributed by atoms with van der Waals surface area (Å²) in [7, 11) is 0. The molecule has 8 nitrogen and oxygen atoms in total. The standard InChI is InChI=1S/C18H17N3O5/c19-17(23)16-12-3-1-2-4-21(12)13-9-11(10-14(22)15(13)16)26-18(24)20-5-7-25-8-6-20/h1-4,9-10,22H,5-8H2,(H2,19,23). The van der Waals surface area contributed by atoms with E-state index in [1.807, 2.05) is 0 Å². The smallest absolute Gasteiger partial charge is 0.415 e. The van der Waals surface area contributed by atoms with Crippen molar-refractivity contribution in [1.29, 1.82) is 0 Å². The van der Waals surface area contributed by atoms with Gasteiger partial charge in [0.25, 0.3) is 5.91 Å². The number of pyridine rings is 1. The van der Waals surface area contributed by atoms with Crippen molar-refractivity contribution >= 4 is 28.4 Å². The first-order valence-corrected chi connectivity index (χ1v) is 8.16. The van der Waals surface area contributed by atoms with E-state index < -0.39 is 12.0 Å². The number of aromatic hydroxyl groups is 1. The van der Waals surface area contributed by atoms with Gasteiger partial charge in [-0.2, -0.15) is 0 Å². The third-order valence-corrected chi connectivity index (χ3v) is 4.42. The molecule has 4 rings (SSSR count). The first-order valence-electron chi connectivity index (χ1n) is 8.16. The van der Waals surface area contributed by atoms with Crippen LogP contribution in [0.1, 0.15) is 10.4 Å². The summed E-state index contributed by atoms with van der Waals surface area (Å²) in [5, 5.41) is 10.8. The molecule has 1 aliphatic heterocycles. The van der Waals surface area contributed by atoms with Gasteiger partial charge in [-0.3, -0.25) is 4.79 Å². The van der Waals surface area contributed by atoms with E-state index in [0.29, 0.717) is 42.7 Å². The van der Waals surface area contributed by atoms with Crippen molar-refractivity contribution in [2.75, 3.05) is 26.3 Å². The van der Waals surface area contributed by atoms with Crippen molar-refractivity contribution in [2.45, 2.75) is 0 Å². The molecule has 0 bridgehead atoms. The SMILES string of the molecule is NC(=O)c1c2c(O)cc(OC(=O)N3CCOCC3)cc2n2ccccc12. The highest BCUT2D eigenvalue weighted by Gasteiger charge is 2.22. The summed E-state index contributed by atoms with van der Waals surface area (Å²) in [6, 6.07) is 8.22. The number of carbonyl (C=O) groups excluding carboxylic acids is 2. The summed E-state index contributed by atoms with van der Waals surface area (Å²) in [5.41, 5.74) is 6.83. The first kappa shape index (κ1) is 16.2. The largest absolute Gasteiger partial charge is 0.507 e. The van der Waals surface area contributed by atoms with Crippen LogP contribution in [0.25, 0.3) is 16.4 Å². The number of ether oxygens (including phenoxy) is 2. The highest BCUT2D eigenvalue weighted by molar-refractivity contribution is 6.15. The van der Waals surface area contributed by atoms with Crippen LogP contribution in [-0.2, 0) is 4.74 Å². The molecule has 0 saturated carbocycles. The summed E-state index contributed by atoms with van der Waals surface area (Å²) >= 11 is 0. The van der Waals surface area contributed by atoms with Gasteiger partial charge >= 0.3 is 6.09 Å². The summed E-state index contributed by atoms with van der Waals surface area (Å²) in [4.78, 5) is 25.7. The number of primary amides is 1. The summed E-state index contributed by atoms with van der Waals surface area (Å²) in [6.07, 6.45) is 1.24. The topological polar surface area (TPSA) is 106 Å². The van der Waals surface area contributed by atoms with Crippen LogP contribution in [0.3, 0.4) is 0 Å². The van der Waals surface area contributed by atoms with Crippen LogP contribution >= 0.6 is 0 Å². The zero-order valence-corrected chi connectivity index (χ0v) is 13.8. The lowest BCUT2D eigenvalue weighted by Crippen LogP contribution is -2.42. The van der Waals surface area contributed by atoms with Crippen LogP contribution in [0.15, 0.2) is 36.5 Å². The molecule has 1 aromatic carbocycles. The predicted octanol–water partition coefficient (Wildman–Crippen LogP) is 1.73. The zero-order valence-electron chi connectivity index (χ0n) is 13.8. The Morgan fingerprint density at radius 2 is 1.92 bits per heavy atom. The number of morpholine rings is 1. The van der Waals surface area contributed by atoms with Crippen molar-refractivity contribution in [1.82, 2.24) is 9.30 Å². The molecular weight excluding hydrogens is 338 g/mol. The number of amides is 2. The zero-order chi connectivity index (χ0) is 18.3. The van der Waals surface area contributed by atoms with Gasteiger partial charge in [0.1, 0.15) is 11.5 Å². The van der Waals surface area contributed by atoms with Gasteiger partial charge in [-0.25, -0.2) is 4.79 Å². The highest BCUT2D eigenvalue weighted by Crippen LogP contribution is 2.36. The molecule has 3 N–H and O–H groups in total. The molecule has 0 spiro atoms. The number of rotatable bonds is 2. The van der Waals surface area contributed by atoms with Crippen LogP contribution in [0.2, 0.25) is 0 Å². The van der Waals surface area contributed by atoms with Crippen LogP contribution in [0, 0.1) is 0 Å². The molecule has 8 heteroatoms. The maximum Gasteiger partial charge on any atom is 0.415 e. The molecule has 0 atom stereocenters. The third kappa shape index (κ3) is 2.60. The Bertz CT molecular complexity index is 1020. The van der Waals surface area contributed by atoms with Crippen LogP contribution in [-0.4, -0.2) is 52.7 Å². The molecule has 1 fully saturated rings. The molecule has 2 amide bonds. The van der Waals surface area contributed by atoms with Gasteiger partial charge in [0, 0.05) is 31.4 Å². The lowest BCUT2D eigenvalue weighted by atomic mass is 10.1. The minimum Gasteiger partial charge on any atom is -0.507 e. The molecule has 26 heavy (non-hydrogen) atoms.